The molecule has 1 aromatic carbocycles. The van der Waals surface area contributed by atoms with E-state index in [4.69, 9.17) is 9.47 Å². The Morgan fingerprint density at radius 2 is 1.81 bits per heavy atom. The second-order valence-electron chi connectivity index (χ2n) is 5.78. The van der Waals surface area contributed by atoms with Crippen LogP contribution in [0.25, 0.3) is 0 Å². The highest BCUT2D eigenvalue weighted by Crippen LogP contribution is 2.35. The molecule has 21 heavy (non-hydrogen) atoms. The quantitative estimate of drug-likeness (QED) is 0.908. The molecule has 3 rings (SSSR count). The number of methoxy groups -OCH3 is 2. The molecule has 2 aliphatic rings. The van der Waals surface area contributed by atoms with Gasteiger partial charge in [0, 0.05) is 12.6 Å². The van der Waals surface area contributed by atoms with Gasteiger partial charge in [-0.05, 0) is 42.5 Å². The second kappa shape index (κ2) is 5.56. The number of carbonyl (C=O) groups is 1. The Morgan fingerprint density at radius 1 is 1.14 bits per heavy atom. The van der Waals surface area contributed by atoms with E-state index < -0.39 is 6.10 Å². The van der Waals surface area contributed by atoms with Crippen LogP contribution in [-0.2, 0) is 17.6 Å². The standard InChI is InChI=1S/C16H21NO4/c1-20-14-6-10-3-4-12(5-11(10)7-15(14)21-2)17-9-13(18)8-16(17)19/h6-7,12-13,18H,3-5,8-9H2,1-2H3. The van der Waals surface area contributed by atoms with Crippen LogP contribution < -0.4 is 9.47 Å². The highest BCUT2D eigenvalue weighted by molar-refractivity contribution is 5.79. The van der Waals surface area contributed by atoms with Crippen molar-refractivity contribution in [3.8, 4) is 11.5 Å². The number of hydrogen-bond donors (Lipinski definition) is 1. The van der Waals surface area contributed by atoms with Gasteiger partial charge in [0.2, 0.25) is 5.91 Å². The molecule has 1 N–H and O–H groups in total. The molecule has 1 aromatic rings. The maximum atomic E-state index is 11.9. The number of aryl methyl sites for hydroxylation is 1. The zero-order chi connectivity index (χ0) is 15.0. The lowest BCUT2D eigenvalue weighted by Gasteiger charge is -2.32. The predicted molar refractivity (Wildman–Crippen MR) is 77.7 cm³/mol. The number of aliphatic hydroxyl groups is 1. The number of fused-ring (bicyclic) bond motifs is 1. The van der Waals surface area contributed by atoms with Gasteiger partial charge in [-0.15, -0.1) is 0 Å². The molecule has 0 bridgehead atoms. The minimum Gasteiger partial charge on any atom is -0.493 e. The molecule has 1 saturated heterocycles. The molecular weight excluding hydrogens is 270 g/mol. The minimum absolute atomic E-state index is 0.0661. The molecule has 5 nitrogen and oxygen atoms in total. The average molecular weight is 291 g/mol. The van der Waals surface area contributed by atoms with Gasteiger partial charge in [0.15, 0.2) is 11.5 Å². The lowest BCUT2D eigenvalue weighted by Crippen LogP contribution is -2.40. The fourth-order valence-electron chi connectivity index (χ4n) is 3.39. The largest absolute Gasteiger partial charge is 0.493 e. The number of aliphatic hydroxyl groups excluding tert-OH is 1. The van der Waals surface area contributed by atoms with E-state index in [0.717, 1.165) is 30.8 Å². The summed E-state index contributed by atoms with van der Waals surface area (Å²) in [6.45, 7) is 0.464. The summed E-state index contributed by atoms with van der Waals surface area (Å²) in [6, 6.07) is 4.22. The predicted octanol–water partition coefficient (Wildman–Crippen LogP) is 1.15. The molecule has 5 heteroatoms. The summed E-state index contributed by atoms with van der Waals surface area (Å²) in [7, 11) is 3.27. The fourth-order valence-corrected chi connectivity index (χ4v) is 3.39. The van der Waals surface area contributed by atoms with E-state index in [-0.39, 0.29) is 18.4 Å². The normalized spacial score (nSPS) is 24.9. The molecule has 1 fully saturated rings. The third kappa shape index (κ3) is 2.58. The monoisotopic (exact) mass is 291 g/mol. The third-order valence-corrected chi connectivity index (χ3v) is 4.49. The second-order valence-corrected chi connectivity index (χ2v) is 5.78. The average Bonchev–Trinajstić information content (AvgIpc) is 2.83. The highest BCUT2D eigenvalue weighted by Gasteiger charge is 2.35. The van der Waals surface area contributed by atoms with Gasteiger partial charge in [0.1, 0.15) is 0 Å². The Balaban J connectivity index is 1.83. The molecule has 1 heterocycles. The Kier molecular flexibility index (Phi) is 3.76. The lowest BCUT2D eigenvalue weighted by molar-refractivity contribution is -0.129. The lowest BCUT2D eigenvalue weighted by atomic mass is 9.87. The van der Waals surface area contributed by atoms with Gasteiger partial charge in [-0.25, -0.2) is 0 Å². The Labute approximate surface area is 124 Å². The number of likely N-dealkylation sites (tertiary alicyclic amines) is 1. The Bertz CT molecular complexity index is 557. The van der Waals surface area contributed by atoms with Crippen molar-refractivity contribution in [2.24, 2.45) is 0 Å². The Hall–Kier alpha value is -1.75. The topological polar surface area (TPSA) is 59.0 Å². The van der Waals surface area contributed by atoms with Crippen LogP contribution in [0.2, 0.25) is 0 Å². The van der Waals surface area contributed by atoms with Crippen molar-refractivity contribution in [1.29, 1.82) is 0 Å². The maximum Gasteiger partial charge on any atom is 0.225 e. The van der Waals surface area contributed by atoms with Gasteiger partial charge in [0.05, 0.1) is 26.7 Å². The van der Waals surface area contributed by atoms with Crippen LogP contribution in [-0.4, -0.2) is 48.8 Å². The van der Waals surface area contributed by atoms with Gasteiger partial charge in [0.25, 0.3) is 0 Å². The summed E-state index contributed by atoms with van der Waals surface area (Å²) in [6.07, 6.45) is 2.41. The highest BCUT2D eigenvalue weighted by atomic mass is 16.5. The first-order chi connectivity index (χ1) is 10.1. The summed E-state index contributed by atoms with van der Waals surface area (Å²) >= 11 is 0. The number of benzene rings is 1. The number of amides is 1. The minimum atomic E-state index is -0.510. The van der Waals surface area contributed by atoms with E-state index in [1.54, 1.807) is 14.2 Å². The van der Waals surface area contributed by atoms with Crippen LogP contribution in [0.3, 0.4) is 0 Å². The van der Waals surface area contributed by atoms with Crippen LogP contribution in [0.5, 0.6) is 11.5 Å². The number of ether oxygens (including phenoxy) is 2. The molecule has 0 saturated carbocycles. The molecule has 2 atom stereocenters. The molecule has 0 radical (unpaired) electrons. The molecule has 1 aliphatic carbocycles. The SMILES string of the molecule is COc1cc2c(cc1OC)CC(N1CC(O)CC1=O)CC2. The smallest absolute Gasteiger partial charge is 0.225 e. The van der Waals surface area contributed by atoms with Crippen molar-refractivity contribution in [2.75, 3.05) is 20.8 Å². The van der Waals surface area contributed by atoms with Crippen LogP contribution in [0.4, 0.5) is 0 Å². The van der Waals surface area contributed by atoms with Gasteiger partial charge in [-0.2, -0.15) is 0 Å². The first kappa shape index (κ1) is 14.2. The van der Waals surface area contributed by atoms with Crippen molar-refractivity contribution in [2.45, 2.75) is 37.8 Å². The van der Waals surface area contributed by atoms with Gasteiger partial charge in [-0.1, -0.05) is 0 Å². The van der Waals surface area contributed by atoms with E-state index in [0.29, 0.717) is 6.54 Å². The van der Waals surface area contributed by atoms with Crippen LogP contribution >= 0.6 is 0 Å². The summed E-state index contributed by atoms with van der Waals surface area (Å²) in [5.74, 6) is 1.54. The van der Waals surface area contributed by atoms with Crippen LogP contribution in [0, 0.1) is 0 Å². The summed E-state index contributed by atoms with van der Waals surface area (Å²) < 4.78 is 10.7. The van der Waals surface area contributed by atoms with E-state index in [9.17, 15) is 9.90 Å². The number of rotatable bonds is 3. The van der Waals surface area contributed by atoms with Crippen molar-refractivity contribution < 1.29 is 19.4 Å². The maximum absolute atomic E-state index is 11.9. The van der Waals surface area contributed by atoms with Gasteiger partial charge >= 0.3 is 0 Å². The third-order valence-electron chi connectivity index (χ3n) is 4.49. The van der Waals surface area contributed by atoms with Gasteiger partial charge < -0.3 is 19.5 Å². The zero-order valence-electron chi connectivity index (χ0n) is 12.5. The van der Waals surface area contributed by atoms with Crippen molar-refractivity contribution >= 4 is 5.91 Å². The van der Waals surface area contributed by atoms with Crippen molar-refractivity contribution in [3.05, 3.63) is 23.3 Å². The van der Waals surface area contributed by atoms with Crippen LogP contribution in [0.15, 0.2) is 12.1 Å². The van der Waals surface area contributed by atoms with Gasteiger partial charge in [-0.3, -0.25) is 4.79 Å². The molecular formula is C16H21NO4. The summed E-state index contributed by atoms with van der Waals surface area (Å²) in [5, 5.41) is 9.65. The molecule has 0 spiro atoms. The number of β-amino-alcohol motifs (C(OH)–C–C–N with tert-alkyl or cyclic N) is 1. The van der Waals surface area contributed by atoms with Crippen molar-refractivity contribution in [3.63, 3.8) is 0 Å². The number of hydrogen-bond acceptors (Lipinski definition) is 4. The molecule has 2 unspecified atom stereocenters. The van der Waals surface area contributed by atoms with E-state index in [2.05, 4.69) is 0 Å². The fraction of sp³-hybridized carbons (Fsp3) is 0.562. The van der Waals surface area contributed by atoms with Crippen molar-refractivity contribution in [1.82, 2.24) is 4.90 Å². The van der Waals surface area contributed by atoms with E-state index in [1.807, 2.05) is 17.0 Å². The summed E-state index contributed by atoms with van der Waals surface area (Å²) in [4.78, 5) is 13.8. The number of nitrogens with zero attached hydrogens (tertiary/aromatic N) is 1. The first-order valence-electron chi connectivity index (χ1n) is 7.33. The van der Waals surface area contributed by atoms with Crippen LogP contribution in [0.1, 0.15) is 24.0 Å². The number of carbonyl (C=O) groups excluding carboxylic acids is 1. The Morgan fingerprint density at radius 3 is 2.38 bits per heavy atom. The molecule has 0 aromatic heterocycles. The first-order valence-corrected chi connectivity index (χ1v) is 7.33. The molecule has 1 aliphatic heterocycles. The van der Waals surface area contributed by atoms with E-state index in [1.165, 1.54) is 11.1 Å². The van der Waals surface area contributed by atoms with E-state index >= 15 is 0 Å². The zero-order valence-corrected chi connectivity index (χ0v) is 12.5. The molecule has 114 valence electrons. The summed E-state index contributed by atoms with van der Waals surface area (Å²) in [5.41, 5.74) is 2.47. The molecule has 1 amide bonds.